The van der Waals surface area contributed by atoms with Crippen LogP contribution in [0, 0.1) is 24.6 Å². The van der Waals surface area contributed by atoms with E-state index in [4.69, 9.17) is 11.6 Å². The number of amides is 3. The lowest BCUT2D eigenvalue weighted by Gasteiger charge is -2.36. The number of benzene rings is 2. The van der Waals surface area contributed by atoms with Crippen molar-refractivity contribution in [3.05, 3.63) is 58.4 Å². The predicted octanol–water partition coefficient (Wildman–Crippen LogP) is 3.22. The summed E-state index contributed by atoms with van der Waals surface area (Å²) in [6.45, 7) is 2.48. The normalized spacial score (nSPS) is 31.4. The Labute approximate surface area is 183 Å². The predicted molar refractivity (Wildman–Crippen MR) is 112 cm³/mol. The summed E-state index contributed by atoms with van der Waals surface area (Å²) in [5, 5.41) is 3.50. The maximum Gasteiger partial charge on any atom is 0.250 e. The summed E-state index contributed by atoms with van der Waals surface area (Å²) in [5.41, 5.74) is 1.18. The first-order valence-corrected chi connectivity index (χ1v) is 10.8. The monoisotopic (exact) mass is 439 g/mol. The van der Waals surface area contributed by atoms with Crippen molar-refractivity contribution in [3.63, 3.8) is 0 Å². The summed E-state index contributed by atoms with van der Waals surface area (Å²) < 4.78 is 13.4. The van der Waals surface area contributed by atoms with Crippen LogP contribution in [0.4, 0.5) is 15.8 Å². The number of anilines is 2. The van der Waals surface area contributed by atoms with E-state index in [-0.39, 0.29) is 17.9 Å². The molecule has 0 aliphatic carbocycles. The molecule has 0 aromatic heterocycles. The third kappa shape index (κ3) is 2.13. The molecule has 1 N–H and O–H groups in total. The van der Waals surface area contributed by atoms with Crippen LogP contribution in [-0.2, 0) is 19.9 Å². The van der Waals surface area contributed by atoms with Gasteiger partial charge in [0.25, 0.3) is 0 Å². The minimum Gasteiger partial charge on any atom is -0.324 e. The highest BCUT2D eigenvalue weighted by atomic mass is 35.5. The van der Waals surface area contributed by atoms with Gasteiger partial charge < -0.3 is 5.32 Å². The quantitative estimate of drug-likeness (QED) is 0.693. The number of halogens is 2. The van der Waals surface area contributed by atoms with Gasteiger partial charge in [-0.3, -0.25) is 19.3 Å². The second kappa shape index (κ2) is 6.14. The highest BCUT2D eigenvalue weighted by Gasteiger charge is 2.74. The van der Waals surface area contributed by atoms with Crippen molar-refractivity contribution in [2.45, 2.75) is 31.3 Å². The van der Waals surface area contributed by atoms with Crippen LogP contribution in [-0.4, -0.2) is 35.2 Å². The van der Waals surface area contributed by atoms with E-state index >= 15 is 0 Å². The van der Waals surface area contributed by atoms with Gasteiger partial charge in [0.2, 0.25) is 17.7 Å². The molecule has 8 heteroatoms. The van der Waals surface area contributed by atoms with Gasteiger partial charge in [0.15, 0.2) is 0 Å². The number of carbonyl (C=O) groups is 3. The lowest BCUT2D eigenvalue weighted by molar-refractivity contribution is -0.135. The number of rotatable bonds is 1. The molecule has 0 bridgehead atoms. The van der Waals surface area contributed by atoms with Gasteiger partial charge in [-0.25, -0.2) is 9.29 Å². The van der Waals surface area contributed by atoms with E-state index in [1.165, 1.54) is 24.3 Å². The summed E-state index contributed by atoms with van der Waals surface area (Å²) in [7, 11) is 0. The molecule has 0 saturated carbocycles. The standard InChI is InChI=1S/C23H19ClFN3O3/c1-11-15(24)9-8-14-19(11)26-22(31)23(14)18-17(16-3-2-10-27(16)23)20(29)28(21(18)30)13-6-4-12(25)5-7-13/h4-9,16-18H,2-3,10H2,1H3,(H,26,31)/t16-,17-,18-,23+/m1/s1. The highest BCUT2D eigenvalue weighted by molar-refractivity contribution is 6.32. The van der Waals surface area contributed by atoms with Gasteiger partial charge >= 0.3 is 0 Å². The van der Waals surface area contributed by atoms with Crippen LogP contribution >= 0.6 is 11.6 Å². The van der Waals surface area contributed by atoms with Gasteiger partial charge in [-0.1, -0.05) is 17.7 Å². The molecule has 6 rings (SSSR count). The molecule has 4 aliphatic rings. The van der Waals surface area contributed by atoms with Crippen LogP contribution in [0.25, 0.3) is 0 Å². The Morgan fingerprint density at radius 3 is 2.58 bits per heavy atom. The molecular formula is C23H19ClFN3O3. The fourth-order valence-corrected chi connectivity index (χ4v) is 6.39. The summed E-state index contributed by atoms with van der Waals surface area (Å²) >= 11 is 6.30. The van der Waals surface area contributed by atoms with E-state index in [1.807, 2.05) is 6.92 Å². The Morgan fingerprint density at radius 2 is 1.84 bits per heavy atom. The minimum absolute atomic E-state index is 0.195. The number of imide groups is 1. The van der Waals surface area contributed by atoms with E-state index in [0.29, 0.717) is 28.5 Å². The van der Waals surface area contributed by atoms with Crippen LogP contribution in [0.2, 0.25) is 5.02 Å². The molecule has 0 unspecified atom stereocenters. The summed E-state index contributed by atoms with van der Waals surface area (Å²) in [6.07, 6.45) is 1.59. The zero-order valence-corrected chi connectivity index (χ0v) is 17.4. The number of nitrogens with one attached hydrogen (secondary N) is 1. The molecule has 31 heavy (non-hydrogen) atoms. The molecule has 4 heterocycles. The Balaban J connectivity index is 1.56. The first kappa shape index (κ1) is 19.0. The SMILES string of the molecule is Cc1c(Cl)ccc2c1NC(=O)[C@@]21[C@H]2C(=O)N(c3ccc(F)cc3)C(=O)[C@@H]2[C@H]2CCCN21. The molecule has 2 aromatic rings. The zero-order chi connectivity index (χ0) is 21.7. The number of carbonyl (C=O) groups excluding carboxylic acids is 3. The number of hydrogen-bond acceptors (Lipinski definition) is 4. The molecule has 4 aliphatic heterocycles. The van der Waals surface area contributed by atoms with E-state index in [9.17, 15) is 18.8 Å². The van der Waals surface area contributed by atoms with E-state index in [1.54, 1.807) is 12.1 Å². The van der Waals surface area contributed by atoms with Crippen LogP contribution in [0.1, 0.15) is 24.0 Å². The van der Waals surface area contributed by atoms with E-state index < -0.39 is 29.1 Å². The molecule has 2 aromatic carbocycles. The van der Waals surface area contributed by atoms with Crippen molar-refractivity contribution in [1.82, 2.24) is 4.90 Å². The summed E-state index contributed by atoms with van der Waals surface area (Å²) in [6, 6.07) is 8.66. The van der Waals surface area contributed by atoms with Crippen molar-refractivity contribution >= 4 is 40.7 Å². The van der Waals surface area contributed by atoms with Crippen LogP contribution < -0.4 is 10.2 Å². The smallest absolute Gasteiger partial charge is 0.250 e. The lowest BCUT2D eigenvalue weighted by Crippen LogP contribution is -2.54. The average molecular weight is 440 g/mol. The Bertz CT molecular complexity index is 1180. The molecule has 158 valence electrons. The van der Waals surface area contributed by atoms with Gasteiger partial charge in [-0.15, -0.1) is 0 Å². The van der Waals surface area contributed by atoms with E-state index in [2.05, 4.69) is 10.2 Å². The number of hydrogen-bond donors (Lipinski definition) is 1. The first-order valence-electron chi connectivity index (χ1n) is 10.4. The van der Waals surface area contributed by atoms with Gasteiger partial charge in [0.05, 0.1) is 23.2 Å². The second-order valence-corrected chi connectivity index (χ2v) is 9.12. The zero-order valence-electron chi connectivity index (χ0n) is 16.7. The minimum atomic E-state index is -1.24. The van der Waals surface area contributed by atoms with E-state index in [0.717, 1.165) is 23.3 Å². The summed E-state index contributed by atoms with van der Waals surface area (Å²) in [5.74, 6) is -2.91. The molecule has 0 radical (unpaired) electrons. The fraction of sp³-hybridized carbons (Fsp3) is 0.348. The van der Waals surface area contributed by atoms with Crippen molar-refractivity contribution < 1.29 is 18.8 Å². The maximum absolute atomic E-state index is 13.8. The van der Waals surface area contributed by atoms with Crippen molar-refractivity contribution in [2.24, 2.45) is 11.8 Å². The van der Waals surface area contributed by atoms with Crippen LogP contribution in [0.5, 0.6) is 0 Å². The third-order valence-corrected chi connectivity index (χ3v) is 7.86. The number of nitrogens with zero attached hydrogens (tertiary/aromatic N) is 2. The van der Waals surface area contributed by atoms with Crippen molar-refractivity contribution in [2.75, 3.05) is 16.8 Å². The highest BCUT2D eigenvalue weighted by Crippen LogP contribution is 2.61. The first-order chi connectivity index (χ1) is 14.9. The summed E-state index contributed by atoms with van der Waals surface area (Å²) in [4.78, 5) is 44.1. The third-order valence-electron chi connectivity index (χ3n) is 7.45. The Kier molecular flexibility index (Phi) is 3.76. The molecule has 3 fully saturated rings. The topological polar surface area (TPSA) is 69.7 Å². The van der Waals surface area contributed by atoms with Crippen molar-refractivity contribution in [3.8, 4) is 0 Å². The van der Waals surface area contributed by atoms with Gasteiger partial charge in [-0.05, 0) is 62.2 Å². The molecule has 1 spiro atoms. The molecule has 3 saturated heterocycles. The van der Waals surface area contributed by atoms with Crippen molar-refractivity contribution in [1.29, 1.82) is 0 Å². The van der Waals surface area contributed by atoms with Crippen LogP contribution in [0.15, 0.2) is 36.4 Å². The van der Waals surface area contributed by atoms with Gasteiger partial charge in [0, 0.05) is 16.6 Å². The largest absolute Gasteiger partial charge is 0.324 e. The average Bonchev–Trinajstić information content (AvgIpc) is 3.45. The maximum atomic E-state index is 13.8. The fourth-order valence-electron chi connectivity index (χ4n) is 6.24. The van der Waals surface area contributed by atoms with Gasteiger partial charge in [-0.2, -0.15) is 0 Å². The lowest BCUT2D eigenvalue weighted by atomic mass is 9.75. The molecule has 3 amide bonds. The molecule has 4 atom stereocenters. The van der Waals surface area contributed by atoms with Gasteiger partial charge in [0.1, 0.15) is 11.4 Å². The Morgan fingerprint density at radius 1 is 1.10 bits per heavy atom. The molecular weight excluding hydrogens is 421 g/mol. The Hall–Kier alpha value is -2.77. The van der Waals surface area contributed by atoms with Crippen LogP contribution in [0.3, 0.4) is 0 Å². The molecule has 6 nitrogen and oxygen atoms in total. The number of fused-ring (bicyclic) bond motifs is 7. The second-order valence-electron chi connectivity index (χ2n) is 8.71.